The molecule has 0 spiro atoms. The number of anilines is 2. The van der Waals surface area contributed by atoms with E-state index in [1.54, 1.807) is 56.0 Å². The van der Waals surface area contributed by atoms with Crippen LogP contribution < -0.4 is 16.0 Å². The van der Waals surface area contributed by atoms with Crippen LogP contribution >= 0.6 is 15.9 Å². The van der Waals surface area contributed by atoms with Gasteiger partial charge in [0.05, 0.1) is 23.4 Å². The number of carbonyl (C=O) groups is 3. The number of ether oxygens (including phenoxy) is 1. The maximum atomic E-state index is 13.0. The highest BCUT2D eigenvalue weighted by atomic mass is 79.9. The van der Waals surface area contributed by atoms with Gasteiger partial charge in [-0.25, -0.2) is 14.4 Å². The van der Waals surface area contributed by atoms with Crippen LogP contribution in [0.15, 0.2) is 64.3 Å². The van der Waals surface area contributed by atoms with Crippen LogP contribution in [0.1, 0.15) is 45.7 Å². The first-order valence-corrected chi connectivity index (χ1v) is 11.9. The van der Waals surface area contributed by atoms with E-state index in [4.69, 9.17) is 4.74 Å². The van der Waals surface area contributed by atoms with E-state index in [0.29, 0.717) is 34.8 Å². The molecule has 1 aliphatic heterocycles. The summed E-state index contributed by atoms with van der Waals surface area (Å²) in [7, 11) is 0. The minimum atomic E-state index is -0.708. The molecule has 1 atom stereocenters. The van der Waals surface area contributed by atoms with Crippen LogP contribution in [0.3, 0.4) is 0 Å². The van der Waals surface area contributed by atoms with E-state index >= 15 is 0 Å². The number of hydrogen-bond donors (Lipinski definition) is 3. The van der Waals surface area contributed by atoms with Gasteiger partial charge in [-0.1, -0.05) is 31.2 Å². The maximum absolute atomic E-state index is 13.0. The van der Waals surface area contributed by atoms with Gasteiger partial charge in [0.15, 0.2) is 0 Å². The molecule has 1 unspecified atom stereocenters. The van der Waals surface area contributed by atoms with Crippen molar-refractivity contribution in [2.45, 2.75) is 46.3 Å². The number of hydrogen-bond acceptors (Lipinski definition) is 4. The molecule has 3 rings (SSSR count). The zero-order valence-corrected chi connectivity index (χ0v) is 21.2. The van der Waals surface area contributed by atoms with Crippen LogP contribution in [0.5, 0.6) is 0 Å². The van der Waals surface area contributed by atoms with Gasteiger partial charge in [0.25, 0.3) is 0 Å². The number of carbonyl (C=O) groups excluding carboxylic acids is 3. The van der Waals surface area contributed by atoms with Gasteiger partial charge in [-0.2, -0.15) is 0 Å². The minimum Gasteiger partial charge on any atom is -0.459 e. The number of nitrogens with zero attached hydrogens (tertiary/aromatic N) is 1. The third-order valence-corrected chi connectivity index (χ3v) is 5.90. The number of rotatable bonds is 7. The lowest BCUT2D eigenvalue weighted by molar-refractivity contribution is -0.143. The van der Waals surface area contributed by atoms with Crippen molar-refractivity contribution in [1.29, 1.82) is 0 Å². The summed E-state index contributed by atoms with van der Waals surface area (Å²) in [6, 6.07) is 12.9. The average molecular weight is 529 g/mol. The largest absolute Gasteiger partial charge is 0.459 e. The SMILES string of the molecule is CCCN1C(=O)NC(c2cccc(NC(=O)Nc3ccccc3Br)c2)C(C(=O)OC(C)C)=C1C. The topological polar surface area (TPSA) is 99.8 Å². The highest BCUT2D eigenvalue weighted by molar-refractivity contribution is 9.10. The number of allylic oxidation sites excluding steroid dienone is 1. The van der Waals surface area contributed by atoms with Gasteiger partial charge in [0, 0.05) is 22.4 Å². The summed E-state index contributed by atoms with van der Waals surface area (Å²) in [4.78, 5) is 39.9. The van der Waals surface area contributed by atoms with E-state index in [0.717, 1.165) is 10.9 Å². The summed E-state index contributed by atoms with van der Waals surface area (Å²) in [5.41, 5.74) is 2.73. The fraction of sp³-hybridized carbons (Fsp3) is 0.320. The molecular weight excluding hydrogens is 500 g/mol. The number of benzene rings is 2. The van der Waals surface area contributed by atoms with Crippen molar-refractivity contribution in [3.8, 4) is 0 Å². The van der Waals surface area contributed by atoms with Gasteiger partial charge in [0.2, 0.25) is 0 Å². The molecule has 0 aromatic heterocycles. The number of amides is 4. The molecule has 0 radical (unpaired) electrons. The molecule has 0 saturated heterocycles. The molecule has 0 aliphatic carbocycles. The molecule has 3 N–H and O–H groups in total. The van der Waals surface area contributed by atoms with Crippen LogP contribution in [0.2, 0.25) is 0 Å². The number of esters is 1. The first-order chi connectivity index (χ1) is 16.2. The molecule has 9 heteroatoms. The Morgan fingerprint density at radius 2 is 1.88 bits per heavy atom. The van der Waals surface area contributed by atoms with Gasteiger partial charge in [-0.15, -0.1) is 0 Å². The van der Waals surface area contributed by atoms with Crippen molar-refractivity contribution in [3.05, 3.63) is 69.8 Å². The lowest BCUT2D eigenvalue weighted by Gasteiger charge is -2.35. The summed E-state index contributed by atoms with van der Waals surface area (Å²) >= 11 is 3.40. The third-order valence-electron chi connectivity index (χ3n) is 5.21. The van der Waals surface area contributed by atoms with Crippen molar-refractivity contribution < 1.29 is 19.1 Å². The van der Waals surface area contributed by atoms with E-state index in [1.807, 2.05) is 25.1 Å². The summed E-state index contributed by atoms with van der Waals surface area (Å²) in [6.07, 6.45) is 0.438. The Labute approximate surface area is 207 Å². The van der Waals surface area contributed by atoms with Gasteiger partial charge in [-0.05, 0) is 73.0 Å². The Morgan fingerprint density at radius 1 is 1.15 bits per heavy atom. The number of nitrogens with one attached hydrogen (secondary N) is 3. The molecule has 180 valence electrons. The molecule has 4 amide bonds. The van der Waals surface area contributed by atoms with Crippen molar-refractivity contribution in [3.63, 3.8) is 0 Å². The Balaban J connectivity index is 1.89. The van der Waals surface area contributed by atoms with E-state index < -0.39 is 18.0 Å². The Morgan fingerprint density at radius 3 is 2.56 bits per heavy atom. The lowest BCUT2D eigenvalue weighted by atomic mass is 9.94. The monoisotopic (exact) mass is 528 g/mol. The first-order valence-electron chi connectivity index (χ1n) is 11.1. The highest BCUT2D eigenvalue weighted by Crippen LogP contribution is 2.33. The second kappa shape index (κ2) is 11.2. The number of para-hydroxylation sites is 1. The highest BCUT2D eigenvalue weighted by Gasteiger charge is 2.36. The fourth-order valence-corrected chi connectivity index (χ4v) is 4.09. The van der Waals surface area contributed by atoms with Gasteiger partial charge in [-0.3, -0.25) is 4.90 Å². The Bertz CT molecular complexity index is 1120. The van der Waals surface area contributed by atoms with E-state index in [2.05, 4.69) is 31.9 Å². The second-order valence-corrected chi connectivity index (χ2v) is 9.03. The standard InChI is InChI=1S/C25H29BrN4O4/c1-5-13-30-16(4)21(23(31)34-15(2)3)22(29-25(30)33)17-9-8-10-18(14-17)27-24(32)28-20-12-7-6-11-19(20)26/h6-12,14-15,22H,5,13H2,1-4H3,(H,29,33)(H2,27,28,32). The quantitative estimate of drug-likeness (QED) is 0.395. The smallest absolute Gasteiger partial charge is 0.338 e. The molecule has 0 saturated carbocycles. The normalized spacial score (nSPS) is 15.8. The van der Waals surface area contributed by atoms with Crippen LogP contribution in [-0.2, 0) is 9.53 Å². The van der Waals surface area contributed by atoms with Crippen LogP contribution in [0.4, 0.5) is 21.0 Å². The molecule has 2 aromatic carbocycles. The van der Waals surface area contributed by atoms with Crippen molar-refractivity contribution >= 4 is 45.3 Å². The predicted molar refractivity (Wildman–Crippen MR) is 135 cm³/mol. The first kappa shape index (κ1) is 25.3. The number of urea groups is 2. The fourth-order valence-electron chi connectivity index (χ4n) is 3.71. The molecule has 34 heavy (non-hydrogen) atoms. The Hall–Kier alpha value is -3.33. The zero-order chi connectivity index (χ0) is 24.8. The molecule has 2 aromatic rings. The van der Waals surface area contributed by atoms with Crippen LogP contribution in [-0.4, -0.2) is 35.6 Å². The van der Waals surface area contributed by atoms with Crippen molar-refractivity contribution in [1.82, 2.24) is 10.2 Å². The Kier molecular flexibility index (Phi) is 8.33. The summed E-state index contributed by atoms with van der Waals surface area (Å²) in [6.45, 7) is 7.77. The van der Waals surface area contributed by atoms with E-state index in [-0.39, 0.29) is 12.1 Å². The molecule has 0 fully saturated rings. The summed E-state index contributed by atoms with van der Waals surface area (Å²) in [5, 5.41) is 8.51. The zero-order valence-electron chi connectivity index (χ0n) is 19.6. The van der Waals surface area contributed by atoms with Gasteiger partial charge in [0.1, 0.15) is 0 Å². The maximum Gasteiger partial charge on any atom is 0.338 e. The van der Waals surface area contributed by atoms with E-state index in [9.17, 15) is 14.4 Å². The molecular formula is C25H29BrN4O4. The summed E-state index contributed by atoms with van der Waals surface area (Å²) in [5.74, 6) is -0.483. The lowest BCUT2D eigenvalue weighted by Crippen LogP contribution is -2.48. The molecule has 1 heterocycles. The van der Waals surface area contributed by atoms with Gasteiger partial charge < -0.3 is 20.7 Å². The average Bonchev–Trinajstić information content (AvgIpc) is 2.77. The van der Waals surface area contributed by atoms with E-state index in [1.165, 1.54) is 0 Å². The molecule has 1 aliphatic rings. The van der Waals surface area contributed by atoms with Crippen molar-refractivity contribution in [2.75, 3.05) is 17.2 Å². The molecule has 8 nitrogen and oxygen atoms in total. The van der Waals surface area contributed by atoms with Crippen molar-refractivity contribution in [2.24, 2.45) is 0 Å². The van der Waals surface area contributed by atoms with Crippen LogP contribution in [0.25, 0.3) is 0 Å². The molecule has 0 bridgehead atoms. The van der Waals surface area contributed by atoms with Gasteiger partial charge >= 0.3 is 18.0 Å². The van der Waals surface area contributed by atoms with Crippen LogP contribution in [0, 0.1) is 0 Å². The minimum absolute atomic E-state index is 0.282. The summed E-state index contributed by atoms with van der Waals surface area (Å²) < 4.78 is 6.25. The predicted octanol–water partition coefficient (Wildman–Crippen LogP) is 5.80. The second-order valence-electron chi connectivity index (χ2n) is 8.17. The third kappa shape index (κ3) is 5.96. The number of halogens is 1.